The SMILES string of the molecule is COc1ccccc1NS(=O)(=O)c1cccc(C(=O)NNC(=O)CCc2ccc3c(c2)OCO3)c1. The van der Waals surface area contributed by atoms with Gasteiger partial charge in [0.2, 0.25) is 12.7 Å². The molecule has 4 rings (SSSR count). The highest BCUT2D eigenvalue weighted by Crippen LogP contribution is 2.32. The fraction of sp³-hybridized carbons (Fsp3) is 0.167. The predicted octanol–water partition coefficient (Wildman–Crippen LogP) is 2.62. The van der Waals surface area contributed by atoms with Crippen molar-refractivity contribution in [3.05, 3.63) is 77.9 Å². The second-order valence-electron chi connectivity index (χ2n) is 7.52. The largest absolute Gasteiger partial charge is 0.495 e. The smallest absolute Gasteiger partial charge is 0.269 e. The Morgan fingerprint density at radius 3 is 2.57 bits per heavy atom. The summed E-state index contributed by atoms with van der Waals surface area (Å²) in [7, 11) is -2.56. The molecule has 0 unspecified atom stereocenters. The number of rotatable bonds is 8. The number of amides is 2. The van der Waals surface area contributed by atoms with E-state index in [0.717, 1.165) is 5.56 Å². The first kappa shape index (κ1) is 23.9. The van der Waals surface area contributed by atoms with Gasteiger partial charge in [0.1, 0.15) is 5.75 Å². The number of hydrazine groups is 1. The van der Waals surface area contributed by atoms with Crippen LogP contribution in [0.2, 0.25) is 0 Å². The van der Waals surface area contributed by atoms with Crippen LogP contribution in [0.15, 0.2) is 71.6 Å². The van der Waals surface area contributed by atoms with Crippen LogP contribution in [0.25, 0.3) is 0 Å². The van der Waals surface area contributed by atoms with Crippen LogP contribution in [0.4, 0.5) is 5.69 Å². The van der Waals surface area contributed by atoms with Gasteiger partial charge >= 0.3 is 0 Å². The zero-order valence-electron chi connectivity index (χ0n) is 18.7. The summed E-state index contributed by atoms with van der Waals surface area (Å²) in [6.07, 6.45) is 0.553. The lowest BCUT2D eigenvalue weighted by Gasteiger charge is -2.12. The van der Waals surface area contributed by atoms with Crippen molar-refractivity contribution in [3.63, 3.8) is 0 Å². The molecule has 0 fully saturated rings. The molecule has 0 saturated heterocycles. The van der Waals surface area contributed by atoms with Gasteiger partial charge in [-0.25, -0.2) is 8.42 Å². The van der Waals surface area contributed by atoms with Crippen molar-refractivity contribution in [3.8, 4) is 17.2 Å². The lowest BCUT2D eigenvalue weighted by molar-refractivity contribution is -0.121. The van der Waals surface area contributed by atoms with Gasteiger partial charge in [-0.05, 0) is 54.4 Å². The third-order valence-corrected chi connectivity index (χ3v) is 6.51. The molecule has 1 aliphatic heterocycles. The van der Waals surface area contributed by atoms with Crippen molar-refractivity contribution >= 4 is 27.5 Å². The highest BCUT2D eigenvalue weighted by atomic mass is 32.2. The second-order valence-corrected chi connectivity index (χ2v) is 9.21. The Bertz CT molecular complexity index is 1360. The number of methoxy groups -OCH3 is 1. The number of benzene rings is 3. The number of hydrogen-bond donors (Lipinski definition) is 3. The van der Waals surface area contributed by atoms with Crippen LogP contribution in [0.5, 0.6) is 17.2 Å². The molecule has 10 nitrogen and oxygen atoms in total. The van der Waals surface area contributed by atoms with Gasteiger partial charge in [-0.3, -0.25) is 25.2 Å². The Hall–Kier alpha value is -4.25. The maximum atomic E-state index is 12.8. The summed E-state index contributed by atoms with van der Waals surface area (Å²) in [5.41, 5.74) is 5.85. The van der Waals surface area contributed by atoms with Gasteiger partial charge in [-0.1, -0.05) is 24.3 Å². The van der Waals surface area contributed by atoms with E-state index in [-0.39, 0.29) is 29.4 Å². The van der Waals surface area contributed by atoms with E-state index in [4.69, 9.17) is 14.2 Å². The van der Waals surface area contributed by atoms with Crippen LogP contribution in [-0.4, -0.2) is 34.1 Å². The van der Waals surface area contributed by atoms with Crippen LogP contribution in [-0.2, 0) is 21.2 Å². The molecule has 2 amide bonds. The van der Waals surface area contributed by atoms with E-state index in [0.29, 0.717) is 23.7 Å². The summed E-state index contributed by atoms with van der Waals surface area (Å²) in [6, 6.07) is 17.4. The number of hydrogen-bond acceptors (Lipinski definition) is 7. The standard InChI is InChI=1S/C24H23N3O7S/c1-32-20-8-3-2-7-19(20)27-35(30,31)18-6-4-5-17(14-18)24(29)26-25-23(28)12-10-16-9-11-21-22(13-16)34-15-33-21/h2-9,11,13-14,27H,10,12,15H2,1H3,(H,25,28)(H,26,29). The molecule has 0 radical (unpaired) electrons. The van der Waals surface area contributed by atoms with Gasteiger partial charge in [0, 0.05) is 12.0 Å². The monoisotopic (exact) mass is 497 g/mol. The van der Waals surface area contributed by atoms with E-state index in [9.17, 15) is 18.0 Å². The highest BCUT2D eigenvalue weighted by Gasteiger charge is 2.19. The molecule has 35 heavy (non-hydrogen) atoms. The van der Waals surface area contributed by atoms with Crippen LogP contribution in [0.3, 0.4) is 0 Å². The first-order valence-electron chi connectivity index (χ1n) is 10.6. The molecule has 3 aromatic rings. The Balaban J connectivity index is 1.34. The molecule has 11 heteroatoms. The zero-order valence-corrected chi connectivity index (χ0v) is 19.6. The molecule has 0 bridgehead atoms. The van der Waals surface area contributed by atoms with E-state index in [2.05, 4.69) is 15.6 Å². The normalized spacial score (nSPS) is 12.0. The van der Waals surface area contributed by atoms with Crippen molar-refractivity contribution in [1.82, 2.24) is 10.9 Å². The van der Waals surface area contributed by atoms with E-state index in [1.165, 1.54) is 31.4 Å². The number of aryl methyl sites for hydroxylation is 1. The lowest BCUT2D eigenvalue weighted by Crippen LogP contribution is -2.41. The molecule has 1 heterocycles. The summed E-state index contributed by atoms with van der Waals surface area (Å²) < 4.78 is 43.8. The number of fused-ring (bicyclic) bond motifs is 1. The van der Waals surface area contributed by atoms with Crippen molar-refractivity contribution < 1.29 is 32.2 Å². The average molecular weight is 498 g/mol. The third kappa shape index (κ3) is 5.82. The molecule has 1 aliphatic rings. The minimum Gasteiger partial charge on any atom is -0.495 e. The zero-order chi connectivity index (χ0) is 24.8. The summed E-state index contributed by atoms with van der Waals surface area (Å²) in [5.74, 6) is 0.584. The Morgan fingerprint density at radius 2 is 1.74 bits per heavy atom. The lowest BCUT2D eigenvalue weighted by atomic mass is 10.1. The molecule has 0 aromatic heterocycles. The number of ether oxygens (including phenoxy) is 3. The number of carbonyl (C=O) groups is 2. The number of para-hydroxylation sites is 2. The van der Waals surface area contributed by atoms with E-state index in [1.54, 1.807) is 36.4 Å². The molecular formula is C24H23N3O7S. The van der Waals surface area contributed by atoms with Gasteiger partial charge in [0.25, 0.3) is 15.9 Å². The minimum absolute atomic E-state index is 0.0592. The molecule has 0 spiro atoms. The molecule has 3 aromatic carbocycles. The number of sulfonamides is 1. The first-order valence-corrected chi connectivity index (χ1v) is 12.1. The molecule has 182 valence electrons. The quantitative estimate of drug-likeness (QED) is 0.408. The summed E-state index contributed by atoms with van der Waals surface area (Å²) >= 11 is 0. The van der Waals surface area contributed by atoms with Crippen LogP contribution in [0, 0.1) is 0 Å². The summed E-state index contributed by atoms with van der Waals surface area (Å²) in [6.45, 7) is 0.171. The third-order valence-electron chi connectivity index (χ3n) is 5.15. The van der Waals surface area contributed by atoms with E-state index in [1.807, 2.05) is 6.07 Å². The number of anilines is 1. The van der Waals surface area contributed by atoms with Crippen LogP contribution < -0.4 is 29.8 Å². The molecule has 0 aliphatic carbocycles. The topological polar surface area (TPSA) is 132 Å². The number of nitrogens with one attached hydrogen (secondary N) is 3. The molecule has 0 atom stereocenters. The number of carbonyl (C=O) groups excluding carboxylic acids is 2. The van der Waals surface area contributed by atoms with Crippen LogP contribution in [0.1, 0.15) is 22.3 Å². The predicted molar refractivity (Wildman–Crippen MR) is 127 cm³/mol. The van der Waals surface area contributed by atoms with Crippen molar-refractivity contribution in [1.29, 1.82) is 0 Å². The Kier molecular flexibility index (Phi) is 7.06. The molecular weight excluding hydrogens is 474 g/mol. The molecule has 3 N–H and O–H groups in total. The van der Waals surface area contributed by atoms with Gasteiger partial charge in [0.15, 0.2) is 11.5 Å². The molecule has 0 saturated carbocycles. The summed E-state index contributed by atoms with van der Waals surface area (Å²) in [5, 5.41) is 0. The highest BCUT2D eigenvalue weighted by molar-refractivity contribution is 7.92. The Morgan fingerprint density at radius 1 is 0.943 bits per heavy atom. The maximum absolute atomic E-state index is 12.8. The first-order chi connectivity index (χ1) is 16.9. The van der Waals surface area contributed by atoms with E-state index < -0.39 is 21.8 Å². The van der Waals surface area contributed by atoms with Gasteiger partial charge in [-0.15, -0.1) is 0 Å². The maximum Gasteiger partial charge on any atom is 0.269 e. The van der Waals surface area contributed by atoms with Crippen LogP contribution >= 0.6 is 0 Å². The van der Waals surface area contributed by atoms with E-state index >= 15 is 0 Å². The second kappa shape index (κ2) is 10.3. The average Bonchev–Trinajstić information content (AvgIpc) is 3.34. The fourth-order valence-corrected chi connectivity index (χ4v) is 4.47. The van der Waals surface area contributed by atoms with Crippen molar-refractivity contribution in [2.24, 2.45) is 0 Å². The van der Waals surface area contributed by atoms with Gasteiger partial charge in [-0.2, -0.15) is 0 Å². The summed E-state index contributed by atoms with van der Waals surface area (Å²) in [4.78, 5) is 24.6. The van der Waals surface area contributed by atoms with Crippen molar-refractivity contribution in [2.75, 3.05) is 18.6 Å². The fourth-order valence-electron chi connectivity index (χ4n) is 3.35. The van der Waals surface area contributed by atoms with Gasteiger partial charge in [0.05, 0.1) is 17.7 Å². The van der Waals surface area contributed by atoms with Crippen molar-refractivity contribution in [2.45, 2.75) is 17.7 Å². The Labute approximate surface area is 202 Å². The minimum atomic E-state index is -3.99. The van der Waals surface area contributed by atoms with Gasteiger partial charge < -0.3 is 14.2 Å².